The van der Waals surface area contributed by atoms with Crippen LogP contribution in [0.1, 0.15) is 46.9 Å². The smallest absolute Gasteiger partial charge is 0.303 e. The molecule has 0 fully saturated rings. The van der Waals surface area contributed by atoms with Crippen LogP contribution in [0.15, 0.2) is 34.7 Å². The van der Waals surface area contributed by atoms with E-state index in [1.807, 2.05) is 58.0 Å². The SMILES string of the molecule is CC#Cc1cc(COc2ccc(CCC(=O)O)c(C)c2C)c2oc(C)cc2c1. The van der Waals surface area contributed by atoms with Gasteiger partial charge in [-0.1, -0.05) is 12.0 Å². The molecule has 0 saturated carbocycles. The van der Waals surface area contributed by atoms with Gasteiger partial charge in [0.1, 0.15) is 23.7 Å². The molecule has 3 rings (SSSR count). The molecule has 0 aliphatic rings. The second-order valence-electron chi connectivity index (χ2n) is 6.94. The molecule has 2 aromatic carbocycles. The molecule has 0 unspecified atom stereocenters. The number of aryl methyl sites for hydroxylation is 2. The lowest BCUT2D eigenvalue weighted by atomic mass is 9.99. The van der Waals surface area contributed by atoms with E-state index in [-0.39, 0.29) is 6.42 Å². The number of carboxylic acids is 1. The molecule has 0 spiro atoms. The standard InChI is InChI=1S/C24H24O4/c1-5-6-18-12-20-11-15(2)28-24(20)21(13-18)14-27-22-9-7-19(8-10-23(25)26)16(3)17(22)4/h7,9,11-13H,8,10,14H2,1-4H3,(H,25,26). The predicted octanol–water partition coefficient (Wildman–Crippen LogP) is 5.33. The van der Waals surface area contributed by atoms with Gasteiger partial charge < -0.3 is 14.3 Å². The van der Waals surface area contributed by atoms with Crippen molar-refractivity contribution in [3.8, 4) is 17.6 Å². The Bertz CT molecular complexity index is 1090. The average Bonchev–Trinajstić information content (AvgIpc) is 3.02. The average molecular weight is 376 g/mol. The minimum absolute atomic E-state index is 0.127. The minimum atomic E-state index is -0.787. The molecule has 1 heterocycles. The van der Waals surface area contributed by atoms with E-state index >= 15 is 0 Å². The van der Waals surface area contributed by atoms with E-state index in [1.165, 1.54) is 0 Å². The van der Waals surface area contributed by atoms with Crippen molar-refractivity contribution in [2.75, 3.05) is 0 Å². The topological polar surface area (TPSA) is 59.7 Å². The normalized spacial score (nSPS) is 10.6. The van der Waals surface area contributed by atoms with Crippen LogP contribution in [-0.2, 0) is 17.8 Å². The number of benzene rings is 2. The highest BCUT2D eigenvalue weighted by Gasteiger charge is 2.12. The van der Waals surface area contributed by atoms with Gasteiger partial charge in [0.25, 0.3) is 0 Å². The number of carbonyl (C=O) groups is 1. The van der Waals surface area contributed by atoms with E-state index in [2.05, 4.69) is 11.8 Å². The number of aliphatic carboxylic acids is 1. The molecule has 3 aromatic rings. The van der Waals surface area contributed by atoms with Gasteiger partial charge in [-0.3, -0.25) is 4.79 Å². The van der Waals surface area contributed by atoms with Crippen molar-refractivity contribution < 1.29 is 19.1 Å². The number of rotatable bonds is 6. The van der Waals surface area contributed by atoms with E-state index in [0.717, 1.165) is 50.3 Å². The van der Waals surface area contributed by atoms with Gasteiger partial charge >= 0.3 is 5.97 Å². The fourth-order valence-corrected chi connectivity index (χ4v) is 3.35. The van der Waals surface area contributed by atoms with Gasteiger partial charge in [0, 0.05) is 22.9 Å². The molecule has 0 radical (unpaired) electrons. The third kappa shape index (κ3) is 4.20. The van der Waals surface area contributed by atoms with Crippen LogP contribution in [0.3, 0.4) is 0 Å². The molecule has 0 amide bonds. The van der Waals surface area contributed by atoms with Crippen molar-refractivity contribution >= 4 is 16.9 Å². The summed E-state index contributed by atoms with van der Waals surface area (Å²) in [5, 5.41) is 9.93. The first-order valence-electron chi connectivity index (χ1n) is 9.28. The molecule has 0 atom stereocenters. The van der Waals surface area contributed by atoms with Crippen LogP contribution in [0.4, 0.5) is 0 Å². The second kappa shape index (κ2) is 8.22. The lowest BCUT2D eigenvalue weighted by molar-refractivity contribution is -0.136. The Morgan fingerprint density at radius 3 is 2.61 bits per heavy atom. The largest absolute Gasteiger partial charge is 0.488 e. The number of hydrogen-bond acceptors (Lipinski definition) is 3. The van der Waals surface area contributed by atoms with Crippen LogP contribution in [-0.4, -0.2) is 11.1 Å². The fourth-order valence-electron chi connectivity index (χ4n) is 3.35. The van der Waals surface area contributed by atoms with Gasteiger partial charge in [0.05, 0.1) is 0 Å². The summed E-state index contributed by atoms with van der Waals surface area (Å²) in [6, 6.07) is 9.90. The van der Waals surface area contributed by atoms with Gasteiger partial charge in [0.2, 0.25) is 0 Å². The van der Waals surface area contributed by atoms with Crippen LogP contribution < -0.4 is 4.74 Å². The Labute approximate surface area is 165 Å². The summed E-state index contributed by atoms with van der Waals surface area (Å²) in [5.41, 5.74) is 5.85. The quantitative estimate of drug-likeness (QED) is 0.591. The van der Waals surface area contributed by atoms with Gasteiger partial charge in [-0.15, -0.1) is 5.92 Å². The molecule has 1 aromatic heterocycles. The first-order valence-corrected chi connectivity index (χ1v) is 9.28. The third-order valence-corrected chi connectivity index (χ3v) is 4.93. The lowest BCUT2D eigenvalue weighted by Crippen LogP contribution is -2.03. The maximum atomic E-state index is 10.8. The first-order chi connectivity index (χ1) is 13.4. The van der Waals surface area contributed by atoms with E-state index in [1.54, 1.807) is 0 Å². The predicted molar refractivity (Wildman–Crippen MR) is 110 cm³/mol. The molecular formula is C24H24O4. The highest BCUT2D eigenvalue weighted by molar-refractivity contribution is 5.83. The number of carboxylic acid groups (broad SMARTS) is 1. The maximum absolute atomic E-state index is 10.8. The minimum Gasteiger partial charge on any atom is -0.488 e. The molecule has 4 heteroatoms. The molecule has 0 aliphatic carbocycles. The Morgan fingerprint density at radius 1 is 1.11 bits per heavy atom. The van der Waals surface area contributed by atoms with Crippen molar-refractivity contribution in [3.05, 3.63) is 63.9 Å². The molecule has 144 valence electrons. The number of furan rings is 1. The van der Waals surface area contributed by atoms with Gasteiger partial charge in [0.15, 0.2) is 0 Å². The highest BCUT2D eigenvalue weighted by Crippen LogP contribution is 2.29. The van der Waals surface area contributed by atoms with Crippen LogP contribution in [0.25, 0.3) is 11.0 Å². The van der Waals surface area contributed by atoms with E-state index in [9.17, 15) is 4.79 Å². The van der Waals surface area contributed by atoms with E-state index in [0.29, 0.717) is 13.0 Å². The van der Waals surface area contributed by atoms with Crippen LogP contribution in [0.5, 0.6) is 5.75 Å². The van der Waals surface area contributed by atoms with Crippen molar-refractivity contribution in [2.45, 2.75) is 47.1 Å². The number of ether oxygens (including phenoxy) is 1. The van der Waals surface area contributed by atoms with Crippen molar-refractivity contribution in [3.63, 3.8) is 0 Å². The zero-order valence-corrected chi connectivity index (χ0v) is 16.7. The summed E-state index contributed by atoms with van der Waals surface area (Å²) >= 11 is 0. The van der Waals surface area contributed by atoms with Crippen molar-refractivity contribution in [1.29, 1.82) is 0 Å². The molecule has 4 nitrogen and oxygen atoms in total. The molecule has 0 saturated heterocycles. The van der Waals surface area contributed by atoms with Gasteiger partial charge in [-0.2, -0.15) is 0 Å². The number of hydrogen-bond donors (Lipinski definition) is 1. The van der Waals surface area contributed by atoms with Crippen LogP contribution in [0.2, 0.25) is 0 Å². The zero-order chi connectivity index (χ0) is 20.3. The summed E-state index contributed by atoms with van der Waals surface area (Å²) in [6.07, 6.45) is 0.647. The second-order valence-corrected chi connectivity index (χ2v) is 6.94. The molecule has 28 heavy (non-hydrogen) atoms. The third-order valence-electron chi connectivity index (χ3n) is 4.93. The maximum Gasteiger partial charge on any atom is 0.303 e. The summed E-state index contributed by atoms with van der Waals surface area (Å²) in [6.45, 7) is 8.13. The Kier molecular flexibility index (Phi) is 5.75. The Hall–Kier alpha value is -3.19. The summed E-state index contributed by atoms with van der Waals surface area (Å²) in [7, 11) is 0. The summed E-state index contributed by atoms with van der Waals surface area (Å²) in [5.74, 6) is 6.90. The van der Waals surface area contributed by atoms with Crippen LogP contribution >= 0.6 is 0 Å². The highest BCUT2D eigenvalue weighted by atomic mass is 16.5. The number of fused-ring (bicyclic) bond motifs is 1. The van der Waals surface area contributed by atoms with Crippen LogP contribution in [0, 0.1) is 32.6 Å². The molecular weight excluding hydrogens is 352 g/mol. The Balaban J connectivity index is 1.86. The Morgan fingerprint density at radius 2 is 1.89 bits per heavy atom. The van der Waals surface area contributed by atoms with Gasteiger partial charge in [-0.05, 0) is 75.1 Å². The van der Waals surface area contributed by atoms with Crippen molar-refractivity contribution in [1.82, 2.24) is 0 Å². The van der Waals surface area contributed by atoms with Crippen molar-refractivity contribution in [2.24, 2.45) is 0 Å². The summed E-state index contributed by atoms with van der Waals surface area (Å²) < 4.78 is 12.0. The fraction of sp³-hybridized carbons (Fsp3) is 0.292. The first kappa shape index (κ1) is 19.6. The monoisotopic (exact) mass is 376 g/mol. The van der Waals surface area contributed by atoms with E-state index < -0.39 is 5.97 Å². The van der Waals surface area contributed by atoms with E-state index in [4.69, 9.17) is 14.3 Å². The summed E-state index contributed by atoms with van der Waals surface area (Å²) in [4.78, 5) is 10.8. The zero-order valence-electron chi connectivity index (χ0n) is 16.7. The van der Waals surface area contributed by atoms with Gasteiger partial charge in [-0.25, -0.2) is 0 Å². The molecule has 0 bridgehead atoms. The molecule has 1 N–H and O–H groups in total. The molecule has 0 aliphatic heterocycles. The lowest BCUT2D eigenvalue weighted by Gasteiger charge is -2.14.